The van der Waals surface area contributed by atoms with Gasteiger partial charge < -0.3 is 10.8 Å². The molecule has 0 spiro atoms. The van der Waals surface area contributed by atoms with Gasteiger partial charge in [0.05, 0.1) is 0 Å². The quantitative estimate of drug-likeness (QED) is 0.444. The summed E-state index contributed by atoms with van der Waals surface area (Å²) in [7, 11) is -2.21. The summed E-state index contributed by atoms with van der Waals surface area (Å²) in [5, 5.41) is 17.1. The number of hydrogen-bond acceptors (Lipinski definition) is 2. The van der Waals surface area contributed by atoms with Gasteiger partial charge in [0.1, 0.15) is 28.5 Å². The van der Waals surface area contributed by atoms with Crippen molar-refractivity contribution in [1.29, 1.82) is 0 Å². The lowest BCUT2D eigenvalue weighted by Crippen LogP contribution is -2.38. The molecule has 0 radical (unpaired) electrons. The van der Waals surface area contributed by atoms with E-state index in [1.165, 1.54) is 15.9 Å². The van der Waals surface area contributed by atoms with Gasteiger partial charge in [0.2, 0.25) is 0 Å². The van der Waals surface area contributed by atoms with E-state index in [2.05, 4.69) is 72.8 Å². The number of benzene rings is 4. The molecule has 0 saturated heterocycles. The molecule has 2 N–H and O–H groups in total. The monoisotopic (exact) mass is 369 g/mol. The fourth-order valence-electron chi connectivity index (χ4n) is 3.58. The highest BCUT2D eigenvalue weighted by molar-refractivity contribution is 8.01. The van der Waals surface area contributed by atoms with E-state index in [9.17, 15) is 5.11 Å². The Labute approximate surface area is 160 Å². The molecule has 0 aliphatic rings. The first-order chi connectivity index (χ1) is 13.2. The molecule has 132 valence electrons. The van der Waals surface area contributed by atoms with E-state index >= 15 is 0 Å². The van der Waals surface area contributed by atoms with E-state index < -0.39 is 7.26 Å². The smallest absolute Gasteiger partial charge is 0.144 e. The second kappa shape index (κ2) is 7.26. The average Bonchev–Trinajstić information content (AvgIpc) is 2.74. The molecule has 0 aliphatic heterocycles. The van der Waals surface area contributed by atoms with Crippen molar-refractivity contribution < 1.29 is 5.11 Å². The van der Waals surface area contributed by atoms with Crippen LogP contribution in [-0.4, -0.2) is 0 Å². The molecule has 0 amide bonds. The number of rotatable bonds is 4. The Morgan fingerprint density at radius 3 is 1.30 bits per heavy atom. The Morgan fingerprint density at radius 2 is 0.926 bits per heavy atom. The maximum atomic E-state index is 12.5. The molecule has 27 heavy (non-hydrogen) atoms. The van der Waals surface area contributed by atoms with E-state index in [0.29, 0.717) is 0 Å². The fourth-order valence-corrected chi connectivity index (χ4v) is 7.84. The van der Waals surface area contributed by atoms with Crippen LogP contribution in [0.2, 0.25) is 0 Å². The molecule has 0 heterocycles. The number of nitrogen functional groups attached to an aromatic ring is 1. The number of nitrogens with two attached hydrogens (primary N) is 1. The van der Waals surface area contributed by atoms with Gasteiger partial charge in [-0.15, -0.1) is 0 Å². The van der Waals surface area contributed by atoms with E-state index in [0.717, 1.165) is 5.30 Å². The first-order valence-corrected chi connectivity index (χ1v) is 10.6. The zero-order chi connectivity index (χ0) is 18.7. The fraction of sp³-hybridized carbons (Fsp3) is 0. The van der Waals surface area contributed by atoms with Gasteiger partial charge >= 0.3 is 0 Å². The van der Waals surface area contributed by atoms with Crippen LogP contribution in [-0.2, 0) is 0 Å². The largest absolute Gasteiger partial charge is 0.871 e. The van der Waals surface area contributed by atoms with Crippen LogP contribution in [0.1, 0.15) is 0 Å². The van der Waals surface area contributed by atoms with Crippen LogP contribution in [0.25, 0.3) is 0 Å². The summed E-state index contributed by atoms with van der Waals surface area (Å²) in [6, 6.07) is 36.9. The van der Waals surface area contributed by atoms with Crippen LogP contribution in [0.4, 0.5) is 5.69 Å². The summed E-state index contributed by atoms with van der Waals surface area (Å²) in [5.74, 6) is -0.125. The highest BCUT2D eigenvalue weighted by atomic mass is 31.2. The molecule has 0 atom stereocenters. The van der Waals surface area contributed by atoms with Gasteiger partial charge in [-0.1, -0.05) is 60.3 Å². The van der Waals surface area contributed by atoms with Crippen LogP contribution in [0.15, 0.2) is 109 Å². The van der Waals surface area contributed by atoms with Crippen molar-refractivity contribution in [2.24, 2.45) is 0 Å². The van der Waals surface area contributed by atoms with Gasteiger partial charge in [0, 0.05) is 5.69 Å². The first-order valence-electron chi connectivity index (χ1n) is 8.86. The summed E-state index contributed by atoms with van der Waals surface area (Å²) >= 11 is 0. The lowest BCUT2D eigenvalue weighted by molar-refractivity contribution is -0.266. The molecule has 0 aliphatic carbocycles. The van der Waals surface area contributed by atoms with Crippen LogP contribution in [0.5, 0.6) is 5.75 Å². The van der Waals surface area contributed by atoms with Crippen molar-refractivity contribution in [2.45, 2.75) is 0 Å². The minimum absolute atomic E-state index is 0.125. The predicted octanol–water partition coefficient (Wildman–Crippen LogP) is 2.96. The predicted molar refractivity (Wildman–Crippen MR) is 115 cm³/mol. The normalized spacial score (nSPS) is 11.3. The van der Waals surface area contributed by atoms with Crippen molar-refractivity contribution in [3.63, 3.8) is 0 Å². The maximum Gasteiger partial charge on any atom is 0.144 e. The SMILES string of the molecule is Nc1ccc([P+](c2ccccc2)(c2ccccc2)c2ccccc2)cc1[O-]. The third-order valence-corrected chi connectivity index (χ3v) is 9.09. The number of anilines is 1. The third kappa shape index (κ3) is 2.99. The van der Waals surface area contributed by atoms with Gasteiger partial charge in [0.25, 0.3) is 0 Å². The molecule has 4 aromatic carbocycles. The van der Waals surface area contributed by atoms with Crippen LogP contribution in [0, 0.1) is 0 Å². The van der Waals surface area contributed by atoms with E-state index in [1.54, 1.807) is 12.1 Å². The lowest BCUT2D eigenvalue weighted by Gasteiger charge is -2.28. The topological polar surface area (TPSA) is 49.1 Å². The third-order valence-electron chi connectivity index (χ3n) is 4.81. The van der Waals surface area contributed by atoms with Gasteiger partial charge in [-0.3, -0.25) is 0 Å². The molecule has 0 bridgehead atoms. The molecule has 0 aromatic heterocycles. The van der Waals surface area contributed by atoms with E-state index in [-0.39, 0.29) is 11.4 Å². The Morgan fingerprint density at radius 1 is 0.519 bits per heavy atom. The molecule has 0 fully saturated rings. The Kier molecular flexibility index (Phi) is 4.66. The summed E-state index contributed by atoms with van der Waals surface area (Å²) in [5.41, 5.74) is 6.13. The molecule has 4 rings (SSSR count). The van der Waals surface area contributed by atoms with Gasteiger partial charge in [-0.2, -0.15) is 0 Å². The Hall–Kier alpha value is -3.09. The van der Waals surface area contributed by atoms with Crippen LogP contribution >= 0.6 is 7.26 Å². The van der Waals surface area contributed by atoms with Crippen molar-refractivity contribution in [3.05, 3.63) is 109 Å². The highest BCUT2D eigenvalue weighted by Gasteiger charge is 2.47. The van der Waals surface area contributed by atoms with Crippen LogP contribution in [0.3, 0.4) is 0 Å². The minimum Gasteiger partial charge on any atom is -0.871 e. The van der Waals surface area contributed by atoms with Crippen LogP contribution < -0.4 is 32.1 Å². The van der Waals surface area contributed by atoms with Crippen molar-refractivity contribution >= 4 is 34.2 Å². The van der Waals surface area contributed by atoms with Gasteiger partial charge in [0.15, 0.2) is 0 Å². The minimum atomic E-state index is -2.21. The highest BCUT2D eigenvalue weighted by Crippen LogP contribution is 2.54. The second-order valence-electron chi connectivity index (χ2n) is 6.40. The molecular formula is C24H20NOP. The van der Waals surface area contributed by atoms with Gasteiger partial charge in [-0.05, 0) is 54.6 Å². The standard InChI is InChI=1S/C24H20NOP/c25-23-17-16-22(18-24(23)26)27(19-10-4-1-5-11-19,20-12-6-2-7-13-20)21-14-8-3-9-15-21/h1-18H,25H2. The molecule has 3 heteroatoms. The molecule has 4 aromatic rings. The first kappa shape index (κ1) is 17.3. The van der Waals surface area contributed by atoms with Crippen molar-refractivity contribution in [2.75, 3.05) is 5.73 Å². The summed E-state index contributed by atoms with van der Waals surface area (Å²) in [4.78, 5) is 0. The van der Waals surface area contributed by atoms with Crippen molar-refractivity contribution in [1.82, 2.24) is 0 Å². The molecule has 2 nitrogen and oxygen atoms in total. The lowest BCUT2D eigenvalue weighted by atomic mass is 10.3. The average molecular weight is 369 g/mol. The van der Waals surface area contributed by atoms with E-state index in [1.807, 2.05) is 24.3 Å². The van der Waals surface area contributed by atoms with Crippen molar-refractivity contribution in [3.8, 4) is 5.75 Å². The zero-order valence-electron chi connectivity index (χ0n) is 14.8. The molecular weight excluding hydrogens is 349 g/mol. The Balaban J connectivity index is 2.14. The Bertz CT molecular complexity index is 937. The maximum absolute atomic E-state index is 12.5. The summed E-state index contributed by atoms with van der Waals surface area (Å²) in [6.45, 7) is 0. The van der Waals surface area contributed by atoms with Gasteiger partial charge in [-0.25, -0.2) is 0 Å². The summed E-state index contributed by atoms with van der Waals surface area (Å²) < 4.78 is 0. The number of hydrogen-bond donors (Lipinski definition) is 1. The molecule has 0 unspecified atom stereocenters. The van der Waals surface area contributed by atoms with E-state index in [4.69, 9.17) is 5.73 Å². The molecule has 0 saturated carbocycles. The second-order valence-corrected chi connectivity index (χ2v) is 9.81. The summed E-state index contributed by atoms with van der Waals surface area (Å²) in [6.07, 6.45) is 0. The zero-order valence-corrected chi connectivity index (χ0v) is 15.7.